The van der Waals surface area contributed by atoms with Crippen LogP contribution in [0.1, 0.15) is 19.3 Å². The number of hydrogen-bond donors (Lipinski definition) is 8. The highest BCUT2D eigenvalue weighted by molar-refractivity contribution is 7.80. The number of aliphatic carboxylic acids is 2. The molecule has 0 fully saturated rings. The van der Waals surface area contributed by atoms with Crippen molar-refractivity contribution in [2.24, 2.45) is 11.5 Å². The summed E-state index contributed by atoms with van der Waals surface area (Å²) in [5.41, 5.74) is 10.2. The maximum absolute atomic E-state index is 12.3. The van der Waals surface area contributed by atoms with E-state index in [1.54, 1.807) is 0 Å². The van der Waals surface area contributed by atoms with E-state index in [-0.39, 0.29) is 18.6 Å². The molecule has 0 aliphatic carbocycles. The molecule has 14 heteroatoms. The number of amides is 4. The number of nitrogens with two attached hydrogens (primary N) is 2. The Morgan fingerprint density at radius 3 is 1.86 bits per heavy atom. The first-order valence-corrected chi connectivity index (χ1v) is 8.59. The molecule has 13 nitrogen and oxygen atoms in total. The highest BCUT2D eigenvalue weighted by Crippen LogP contribution is 2.02. The van der Waals surface area contributed by atoms with Crippen LogP contribution in [0.5, 0.6) is 0 Å². The SMILES string of the molecule is NCC(=O)NC(CS)C(=O)NC(CCC(N)=O)C(=O)NC(CC(=O)O)C(=O)O. The van der Waals surface area contributed by atoms with Gasteiger partial charge < -0.3 is 37.6 Å². The van der Waals surface area contributed by atoms with Crippen molar-refractivity contribution in [3.8, 4) is 0 Å². The lowest BCUT2D eigenvalue weighted by molar-refractivity contribution is -0.147. The van der Waals surface area contributed by atoms with Crippen LogP contribution in [0.2, 0.25) is 0 Å². The molecule has 0 aromatic heterocycles. The molecule has 158 valence electrons. The van der Waals surface area contributed by atoms with E-state index >= 15 is 0 Å². The topological polar surface area (TPSA) is 231 Å². The predicted molar refractivity (Wildman–Crippen MR) is 97.0 cm³/mol. The largest absolute Gasteiger partial charge is 0.481 e. The van der Waals surface area contributed by atoms with Crippen LogP contribution in [0, 0.1) is 0 Å². The Morgan fingerprint density at radius 1 is 0.893 bits per heavy atom. The molecule has 4 amide bonds. The molecule has 28 heavy (non-hydrogen) atoms. The number of carboxylic acids is 2. The Labute approximate surface area is 165 Å². The fourth-order valence-electron chi connectivity index (χ4n) is 1.92. The van der Waals surface area contributed by atoms with Gasteiger partial charge in [-0.05, 0) is 6.42 Å². The average Bonchev–Trinajstić information content (AvgIpc) is 2.61. The summed E-state index contributed by atoms with van der Waals surface area (Å²) in [4.78, 5) is 68.7. The zero-order valence-corrected chi connectivity index (χ0v) is 15.6. The van der Waals surface area contributed by atoms with Crippen LogP contribution in [0.4, 0.5) is 0 Å². The van der Waals surface area contributed by atoms with Gasteiger partial charge in [0.2, 0.25) is 23.6 Å². The monoisotopic (exact) mass is 421 g/mol. The first-order chi connectivity index (χ1) is 13.0. The highest BCUT2D eigenvalue weighted by atomic mass is 32.1. The summed E-state index contributed by atoms with van der Waals surface area (Å²) in [5, 5.41) is 24.2. The Hall–Kier alpha value is -2.87. The molecule has 0 rings (SSSR count). The Balaban J connectivity index is 5.27. The second-order valence-electron chi connectivity index (χ2n) is 5.57. The summed E-state index contributed by atoms with van der Waals surface area (Å²) in [6, 6.07) is -4.32. The van der Waals surface area contributed by atoms with Gasteiger partial charge in [-0.15, -0.1) is 0 Å². The lowest BCUT2D eigenvalue weighted by Crippen LogP contribution is -2.57. The van der Waals surface area contributed by atoms with E-state index in [2.05, 4.69) is 23.3 Å². The van der Waals surface area contributed by atoms with E-state index in [9.17, 15) is 28.8 Å². The molecule has 0 radical (unpaired) electrons. The molecule has 9 N–H and O–H groups in total. The van der Waals surface area contributed by atoms with Crippen molar-refractivity contribution in [3.63, 3.8) is 0 Å². The van der Waals surface area contributed by atoms with Crippen LogP contribution in [0.3, 0.4) is 0 Å². The Kier molecular flexibility index (Phi) is 11.2. The summed E-state index contributed by atoms with van der Waals surface area (Å²) in [5.74, 6) is -6.52. The van der Waals surface area contributed by atoms with Crippen molar-refractivity contribution in [3.05, 3.63) is 0 Å². The molecular formula is C14H23N5O8S. The van der Waals surface area contributed by atoms with Gasteiger partial charge in [0.1, 0.15) is 18.1 Å². The molecule has 0 saturated heterocycles. The van der Waals surface area contributed by atoms with Gasteiger partial charge in [-0.2, -0.15) is 12.6 Å². The van der Waals surface area contributed by atoms with Gasteiger partial charge in [0.15, 0.2) is 0 Å². The molecule has 0 aromatic rings. The number of thiol groups is 1. The molecule has 0 heterocycles. The van der Waals surface area contributed by atoms with Crippen LogP contribution in [-0.4, -0.2) is 76.2 Å². The zero-order chi connectivity index (χ0) is 21.9. The highest BCUT2D eigenvalue weighted by Gasteiger charge is 2.30. The Bertz CT molecular complexity index is 629. The van der Waals surface area contributed by atoms with E-state index in [1.165, 1.54) is 0 Å². The number of nitrogens with one attached hydrogen (secondary N) is 3. The molecule has 0 aliphatic rings. The van der Waals surface area contributed by atoms with E-state index in [1.807, 2.05) is 5.32 Å². The molecule has 0 aromatic carbocycles. The number of primary amides is 1. The molecule has 0 aliphatic heterocycles. The quantitative estimate of drug-likeness (QED) is 0.136. The zero-order valence-electron chi connectivity index (χ0n) is 14.7. The fourth-order valence-corrected chi connectivity index (χ4v) is 2.18. The average molecular weight is 421 g/mol. The van der Waals surface area contributed by atoms with Crippen LogP contribution >= 0.6 is 12.6 Å². The van der Waals surface area contributed by atoms with Crippen molar-refractivity contribution in [1.82, 2.24) is 16.0 Å². The van der Waals surface area contributed by atoms with Gasteiger partial charge in [0, 0.05) is 12.2 Å². The minimum absolute atomic E-state index is 0.140. The van der Waals surface area contributed by atoms with Gasteiger partial charge in [-0.3, -0.25) is 24.0 Å². The summed E-state index contributed by atoms with van der Waals surface area (Å²) in [6.07, 6.45) is -1.50. The van der Waals surface area contributed by atoms with Crippen molar-refractivity contribution in [2.75, 3.05) is 12.3 Å². The third-order valence-corrected chi connectivity index (χ3v) is 3.69. The van der Waals surface area contributed by atoms with E-state index in [0.29, 0.717) is 0 Å². The van der Waals surface area contributed by atoms with Crippen molar-refractivity contribution in [1.29, 1.82) is 0 Å². The van der Waals surface area contributed by atoms with E-state index in [4.69, 9.17) is 21.7 Å². The second kappa shape index (κ2) is 12.5. The van der Waals surface area contributed by atoms with Crippen LogP contribution in [-0.2, 0) is 28.8 Å². The lowest BCUT2D eigenvalue weighted by Gasteiger charge is -2.23. The number of rotatable bonds is 13. The van der Waals surface area contributed by atoms with Crippen LogP contribution in [0.25, 0.3) is 0 Å². The summed E-state index contributed by atoms with van der Waals surface area (Å²) in [7, 11) is 0. The van der Waals surface area contributed by atoms with Gasteiger partial charge >= 0.3 is 11.9 Å². The predicted octanol–water partition coefficient (Wildman–Crippen LogP) is -3.85. The standard InChI is InChI=1S/C14H23N5O8S/c15-4-10(21)17-8(5-28)13(25)18-6(1-2-9(16)20)12(24)19-7(14(26)27)3-11(22)23/h6-8,28H,1-5,15H2,(H2,16,20)(H,17,21)(H,18,25)(H,19,24)(H,22,23)(H,26,27). The van der Waals surface area contributed by atoms with Crippen molar-refractivity contribution in [2.45, 2.75) is 37.4 Å². The number of carboxylic acid groups (broad SMARTS) is 2. The molecule has 0 bridgehead atoms. The third-order valence-electron chi connectivity index (χ3n) is 3.33. The normalized spacial score (nSPS) is 13.5. The van der Waals surface area contributed by atoms with Crippen LogP contribution < -0.4 is 27.4 Å². The summed E-state index contributed by atoms with van der Waals surface area (Å²) >= 11 is 3.91. The Morgan fingerprint density at radius 2 is 1.43 bits per heavy atom. The minimum Gasteiger partial charge on any atom is -0.481 e. The van der Waals surface area contributed by atoms with E-state index < -0.39 is 66.7 Å². The van der Waals surface area contributed by atoms with Gasteiger partial charge in [-0.1, -0.05) is 0 Å². The van der Waals surface area contributed by atoms with Crippen molar-refractivity contribution < 1.29 is 39.0 Å². The first kappa shape index (κ1) is 25.1. The maximum Gasteiger partial charge on any atom is 0.326 e. The molecular weight excluding hydrogens is 398 g/mol. The minimum atomic E-state index is -1.75. The van der Waals surface area contributed by atoms with Gasteiger partial charge in [-0.25, -0.2) is 4.79 Å². The van der Waals surface area contributed by atoms with Crippen LogP contribution in [0.15, 0.2) is 0 Å². The van der Waals surface area contributed by atoms with E-state index in [0.717, 1.165) is 0 Å². The number of hydrogen-bond acceptors (Lipinski definition) is 8. The smallest absolute Gasteiger partial charge is 0.326 e. The maximum atomic E-state index is 12.3. The lowest BCUT2D eigenvalue weighted by atomic mass is 10.1. The fraction of sp³-hybridized carbons (Fsp3) is 0.571. The molecule has 3 unspecified atom stereocenters. The third kappa shape index (κ3) is 9.72. The van der Waals surface area contributed by atoms with Crippen molar-refractivity contribution >= 4 is 48.2 Å². The summed E-state index contributed by atoms with van der Waals surface area (Å²) < 4.78 is 0. The molecule has 0 saturated carbocycles. The molecule has 3 atom stereocenters. The van der Waals surface area contributed by atoms with Gasteiger partial charge in [0.25, 0.3) is 0 Å². The number of carbonyl (C=O) groups is 6. The summed E-state index contributed by atoms with van der Waals surface area (Å²) in [6.45, 7) is -0.390. The molecule has 0 spiro atoms. The first-order valence-electron chi connectivity index (χ1n) is 7.95. The second-order valence-corrected chi connectivity index (χ2v) is 5.94. The van der Waals surface area contributed by atoms with Gasteiger partial charge in [0.05, 0.1) is 13.0 Å². The number of carbonyl (C=O) groups excluding carboxylic acids is 4.